The highest BCUT2D eigenvalue weighted by Gasteiger charge is 2.12. The van der Waals surface area contributed by atoms with E-state index in [2.05, 4.69) is 15.0 Å². The quantitative estimate of drug-likeness (QED) is 0.562. The van der Waals surface area contributed by atoms with Crippen molar-refractivity contribution in [3.05, 3.63) is 73.1 Å². The predicted octanol–water partition coefficient (Wildman–Crippen LogP) is 3.75. The van der Waals surface area contributed by atoms with Gasteiger partial charge in [-0.3, -0.25) is 0 Å². The molecular formula is C18H12N4. The van der Waals surface area contributed by atoms with Crippen molar-refractivity contribution in [1.29, 1.82) is 0 Å². The fraction of sp³-hybridized carbons (Fsp3) is 0. The van der Waals surface area contributed by atoms with Gasteiger partial charge in [-0.2, -0.15) is 0 Å². The first-order valence-electron chi connectivity index (χ1n) is 7.01. The van der Waals surface area contributed by atoms with Crippen molar-refractivity contribution in [3.8, 4) is 22.6 Å². The summed E-state index contributed by atoms with van der Waals surface area (Å²) >= 11 is 0. The molecule has 0 amide bonds. The minimum absolute atomic E-state index is 0.607. The highest BCUT2D eigenvalue weighted by Crippen LogP contribution is 2.26. The van der Waals surface area contributed by atoms with Gasteiger partial charge in [0.2, 0.25) is 0 Å². The number of hydrogen-bond acceptors (Lipinski definition) is 4. The molecule has 0 unspecified atom stereocenters. The lowest BCUT2D eigenvalue weighted by atomic mass is 10.1. The standard InChI is InChI=1S/C18H12N4/c1-3-7-13(8-4-1)15-16-18(20-12-11-19-16)22-17(21-15)14-9-5-2-6-10-14/h1-12H. The second-order valence-electron chi connectivity index (χ2n) is 4.86. The minimum atomic E-state index is 0.607. The van der Waals surface area contributed by atoms with Crippen LogP contribution in [0.4, 0.5) is 0 Å². The van der Waals surface area contributed by atoms with E-state index in [0.717, 1.165) is 16.8 Å². The van der Waals surface area contributed by atoms with Crippen molar-refractivity contribution in [3.63, 3.8) is 0 Å². The van der Waals surface area contributed by atoms with Gasteiger partial charge in [0.05, 0.1) is 0 Å². The molecule has 0 N–H and O–H groups in total. The third-order valence-electron chi connectivity index (χ3n) is 3.41. The lowest BCUT2D eigenvalue weighted by molar-refractivity contribution is 1.16. The minimum Gasteiger partial charge on any atom is -0.249 e. The van der Waals surface area contributed by atoms with Gasteiger partial charge in [-0.05, 0) is 0 Å². The monoisotopic (exact) mass is 284 g/mol. The number of aromatic nitrogens is 4. The summed E-state index contributed by atoms with van der Waals surface area (Å²) in [5.41, 5.74) is 4.10. The topological polar surface area (TPSA) is 51.6 Å². The third kappa shape index (κ3) is 2.20. The van der Waals surface area contributed by atoms with Crippen molar-refractivity contribution in [2.45, 2.75) is 0 Å². The Balaban J connectivity index is 2.02. The molecule has 0 aliphatic heterocycles. The zero-order valence-corrected chi connectivity index (χ0v) is 11.7. The van der Waals surface area contributed by atoms with Crippen LogP contribution in [-0.2, 0) is 0 Å². The highest BCUT2D eigenvalue weighted by molar-refractivity contribution is 5.88. The van der Waals surface area contributed by atoms with Gasteiger partial charge in [0.15, 0.2) is 11.5 Å². The lowest BCUT2D eigenvalue weighted by Crippen LogP contribution is -1.97. The van der Waals surface area contributed by atoms with Gasteiger partial charge >= 0.3 is 0 Å². The molecule has 4 heteroatoms. The molecule has 0 aliphatic carbocycles. The first kappa shape index (κ1) is 12.6. The Bertz CT molecular complexity index is 921. The molecule has 0 aliphatic rings. The predicted molar refractivity (Wildman–Crippen MR) is 86.0 cm³/mol. The maximum Gasteiger partial charge on any atom is 0.182 e. The molecule has 0 fully saturated rings. The van der Waals surface area contributed by atoms with E-state index in [0.29, 0.717) is 17.0 Å². The van der Waals surface area contributed by atoms with Crippen LogP contribution in [-0.4, -0.2) is 19.9 Å². The Morgan fingerprint density at radius 1 is 0.591 bits per heavy atom. The second-order valence-corrected chi connectivity index (χ2v) is 4.86. The molecule has 0 spiro atoms. The molecule has 0 saturated carbocycles. The van der Waals surface area contributed by atoms with Gasteiger partial charge < -0.3 is 0 Å². The third-order valence-corrected chi connectivity index (χ3v) is 3.41. The Hall–Kier alpha value is -3.14. The summed E-state index contributed by atoms with van der Waals surface area (Å²) in [5, 5.41) is 0. The number of hydrogen-bond donors (Lipinski definition) is 0. The van der Waals surface area contributed by atoms with Gasteiger partial charge in [0, 0.05) is 23.5 Å². The number of nitrogens with zero attached hydrogens (tertiary/aromatic N) is 4. The van der Waals surface area contributed by atoms with E-state index in [1.54, 1.807) is 12.4 Å². The van der Waals surface area contributed by atoms with E-state index in [1.165, 1.54) is 0 Å². The molecule has 0 atom stereocenters. The molecule has 2 aromatic heterocycles. The molecule has 0 radical (unpaired) electrons. The zero-order chi connectivity index (χ0) is 14.8. The summed E-state index contributed by atoms with van der Waals surface area (Å²) in [6.45, 7) is 0. The first-order chi connectivity index (χ1) is 10.9. The van der Waals surface area contributed by atoms with Gasteiger partial charge in [-0.15, -0.1) is 0 Å². The van der Waals surface area contributed by atoms with Crippen LogP contribution in [0.15, 0.2) is 73.1 Å². The zero-order valence-electron chi connectivity index (χ0n) is 11.7. The summed E-state index contributed by atoms with van der Waals surface area (Å²) in [5.74, 6) is 0.660. The summed E-state index contributed by atoms with van der Waals surface area (Å²) in [4.78, 5) is 18.0. The SMILES string of the molecule is c1ccc(-c2nc(-c3ccccc3)c3nccnc3n2)cc1. The summed E-state index contributed by atoms with van der Waals surface area (Å²) in [6.07, 6.45) is 3.32. The van der Waals surface area contributed by atoms with Crippen molar-refractivity contribution >= 4 is 11.2 Å². The molecule has 0 bridgehead atoms. The molecule has 4 aromatic rings. The molecule has 0 saturated heterocycles. The van der Waals surface area contributed by atoms with Crippen LogP contribution in [0, 0.1) is 0 Å². The summed E-state index contributed by atoms with van der Waals surface area (Å²) < 4.78 is 0. The van der Waals surface area contributed by atoms with Crippen molar-refractivity contribution in [2.24, 2.45) is 0 Å². The summed E-state index contributed by atoms with van der Waals surface area (Å²) in [7, 11) is 0. The number of fused-ring (bicyclic) bond motifs is 1. The number of rotatable bonds is 2. The molecule has 104 valence electrons. The first-order valence-corrected chi connectivity index (χ1v) is 7.01. The average molecular weight is 284 g/mol. The molecule has 2 aromatic carbocycles. The van der Waals surface area contributed by atoms with Crippen LogP contribution < -0.4 is 0 Å². The van der Waals surface area contributed by atoms with E-state index in [9.17, 15) is 0 Å². The van der Waals surface area contributed by atoms with Crippen LogP contribution in [0.5, 0.6) is 0 Å². The Morgan fingerprint density at radius 3 is 1.95 bits per heavy atom. The molecule has 2 heterocycles. The molecule has 4 nitrogen and oxygen atoms in total. The molecule has 22 heavy (non-hydrogen) atoms. The average Bonchev–Trinajstić information content (AvgIpc) is 2.62. The fourth-order valence-electron chi connectivity index (χ4n) is 2.38. The molecular weight excluding hydrogens is 272 g/mol. The van der Waals surface area contributed by atoms with E-state index >= 15 is 0 Å². The van der Waals surface area contributed by atoms with Gasteiger partial charge in [0.25, 0.3) is 0 Å². The van der Waals surface area contributed by atoms with Gasteiger partial charge in [-0.1, -0.05) is 60.7 Å². The summed E-state index contributed by atoms with van der Waals surface area (Å²) in [6, 6.07) is 19.9. The van der Waals surface area contributed by atoms with Crippen molar-refractivity contribution in [2.75, 3.05) is 0 Å². The van der Waals surface area contributed by atoms with E-state index < -0.39 is 0 Å². The van der Waals surface area contributed by atoms with Gasteiger partial charge in [0.1, 0.15) is 11.2 Å². The normalized spacial score (nSPS) is 10.7. The Morgan fingerprint density at radius 2 is 1.23 bits per heavy atom. The Labute approximate surface area is 127 Å². The van der Waals surface area contributed by atoms with E-state index in [1.807, 2.05) is 60.7 Å². The number of benzene rings is 2. The van der Waals surface area contributed by atoms with Crippen molar-refractivity contribution in [1.82, 2.24) is 19.9 Å². The molecule has 4 rings (SSSR count). The van der Waals surface area contributed by atoms with E-state index in [4.69, 9.17) is 4.98 Å². The van der Waals surface area contributed by atoms with Gasteiger partial charge in [-0.25, -0.2) is 19.9 Å². The Kier molecular flexibility index (Phi) is 3.05. The van der Waals surface area contributed by atoms with Crippen LogP contribution in [0.2, 0.25) is 0 Å². The maximum atomic E-state index is 4.73. The van der Waals surface area contributed by atoms with Crippen LogP contribution >= 0.6 is 0 Å². The fourth-order valence-corrected chi connectivity index (χ4v) is 2.38. The van der Waals surface area contributed by atoms with E-state index in [-0.39, 0.29) is 0 Å². The van der Waals surface area contributed by atoms with Crippen LogP contribution in [0.1, 0.15) is 0 Å². The smallest absolute Gasteiger partial charge is 0.182 e. The maximum absolute atomic E-state index is 4.73. The van der Waals surface area contributed by atoms with Crippen molar-refractivity contribution < 1.29 is 0 Å². The lowest BCUT2D eigenvalue weighted by Gasteiger charge is -2.07. The van der Waals surface area contributed by atoms with Crippen LogP contribution in [0.25, 0.3) is 33.8 Å². The highest BCUT2D eigenvalue weighted by atomic mass is 15.0. The van der Waals surface area contributed by atoms with Crippen LogP contribution in [0.3, 0.4) is 0 Å². The second kappa shape index (κ2) is 5.33. The largest absolute Gasteiger partial charge is 0.249 e.